The van der Waals surface area contributed by atoms with Crippen molar-refractivity contribution in [2.24, 2.45) is 0 Å². The van der Waals surface area contributed by atoms with Crippen LogP contribution in [0.5, 0.6) is 17.2 Å². The van der Waals surface area contributed by atoms with Crippen LogP contribution in [0.4, 0.5) is 0 Å². The highest BCUT2D eigenvalue weighted by Gasteiger charge is 2.23. The molecule has 0 radical (unpaired) electrons. The van der Waals surface area contributed by atoms with Crippen LogP contribution in [0.2, 0.25) is 0 Å². The Kier molecular flexibility index (Phi) is 8.36. The molecule has 0 spiro atoms. The topological polar surface area (TPSA) is 68.3 Å². The average molecular weight is 441 g/mol. The Balaban J connectivity index is 1.47. The zero-order valence-electron chi connectivity index (χ0n) is 19.1. The Morgan fingerprint density at radius 1 is 0.781 bits per heavy atom. The molecule has 1 aliphatic rings. The van der Waals surface area contributed by atoms with E-state index in [1.54, 1.807) is 15.9 Å². The van der Waals surface area contributed by atoms with Crippen LogP contribution in [-0.4, -0.2) is 67.6 Å². The second kappa shape index (κ2) is 11.4. The summed E-state index contributed by atoms with van der Waals surface area (Å²) in [6.07, 6.45) is 0.719. The normalized spacial score (nSPS) is 14.0. The molecule has 0 bridgehead atoms. The largest absolute Gasteiger partial charge is 0.490 e. The predicted molar refractivity (Wildman–Crippen MR) is 122 cm³/mol. The summed E-state index contributed by atoms with van der Waals surface area (Å²) in [5.41, 5.74) is 2.17. The summed E-state index contributed by atoms with van der Waals surface area (Å²) < 4.78 is 17.0. The highest BCUT2D eigenvalue weighted by Crippen LogP contribution is 2.26. The van der Waals surface area contributed by atoms with Crippen LogP contribution < -0.4 is 14.2 Å². The third-order valence-electron chi connectivity index (χ3n) is 5.38. The molecule has 2 amide bonds. The minimum atomic E-state index is -0.0999. The van der Waals surface area contributed by atoms with Crippen molar-refractivity contribution >= 4 is 11.8 Å². The standard InChI is InChI=1S/C25H32N2O5/c1-4-30-22-8-5-6-9-23(22)32-18-25(29)27-13-7-12-26(14-15-27)24(28)17-31-21-11-10-19(2)16-20(21)3/h5-6,8-11,16H,4,7,12-15,17-18H2,1-3H3. The molecule has 2 aromatic rings. The van der Waals surface area contributed by atoms with E-state index in [1.807, 2.05) is 57.2 Å². The maximum absolute atomic E-state index is 12.7. The molecule has 0 aliphatic carbocycles. The van der Waals surface area contributed by atoms with Crippen LogP contribution in [0, 0.1) is 13.8 Å². The van der Waals surface area contributed by atoms with Gasteiger partial charge in [-0.25, -0.2) is 0 Å². The molecule has 0 N–H and O–H groups in total. The maximum Gasteiger partial charge on any atom is 0.260 e. The Hall–Kier alpha value is -3.22. The van der Waals surface area contributed by atoms with Gasteiger partial charge < -0.3 is 24.0 Å². The summed E-state index contributed by atoms with van der Waals surface area (Å²) in [6.45, 7) is 8.51. The zero-order chi connectivity index (χ0) is 22.9. The van der Waals surface area contributed by atoms with Crippen molar-refractivity contribution in [1.29, 1.82) is 0 Å². The molecule has 7 heteroatoms. The summed E-state index contributed by atoms with van der Waals surface area (Å²) in [4.78, 5) is 28.8. The van der Waals surface area contributed by atoms with Crippen LogP contribution >= 0.6 is 0 Å². The fraction of sp³-hybridized carbons (Fsp3) is 0.440. The lowest BCUT2D eigenvalue weighted by molar-refractivity contribution is -0.135. The van der Waals surface area contributed by atoms with E-state index in [0.717, 1.165) is 23.3 Å². The summed E-state index contributed by atoms with van der Waals surface area (Å²) in [6, 6.07) is 13.2. The average Bonchev–Trinajstić information content (AvgIpc) is 3.04. The summed E-state index contributed by atoms with van der Waals surface area (Å²) >= 11 is 0. The Morgan fingerprint density at radius 3 is 1.91 bits per heavy atom. The van der Waals surface area contributed by atoms with Crippen LogP contribution in [0.1, 0.15) is 24.5 Å². The highest BCUT2D eigenvalue weighted by atomic mass is 16.5. The lowest BCUT2D eigenvalue weighted by Crippen LogP contribution is -2.40. The molecule has 1 heterocycles. The van der Waals surface area contributed by atoms with Crippen molar-refractivity contribution in [1.82, 2.24) is 9.80 Å². The van der Waals surface area contributed by atoms with Crippen molar-refractivity contribution < 1.29 is 23.8 Å². The molecule has 32 heavy (non-hydrogen) atoms. The van der Waals surface area contributed by atoms with E-state index in [1.165, 1.54) is 0 Å². The number of hydrogen-bond donors (Lipinski definition) is 0. The molecule has 2 aromatic carbocycles. The van der Waals surface area contributed by atoms with Crippen LogP contribution in [0.25, 0.3) is 0 Å². The molecule has 7 nitrogen and oxygen atoms in total. The fourth-order valence-electron chi connectivity index (χ4n) is 3.68. The molecule has 0 aromatic heterocycles. The van der Waals surface area contributed by atoms with Gasteiger partial charge in [-0.2, -0.15) is 0 Å². The van der Waals surface area contributed by atoms with Crippen molar-refractivity contribution in [3.05, 3.63) is 53.6 Å². The van der Waals surface area contributed by atoms with Crippen molar-refractivity contribution in [2.75, 3.05) is 46.0 Å². The Morgan fingerprint density at radius 2 is 1.34 bits per heavy atom. The number of hydrogen-bond acceptors (Lipinski definition) is 5. The summed E-state index contributed by atoms with van der Waals surface area (Å²) in [7, 11) is 0. The molecule has 1 fully saturated rings. The lowest BCUT2D eigenvalue weighted by atomic mass is 10.1. The Bertz CT molecular complexity index is 930. The quantitative estimate of drug-likeness (QED) is 0.631. The Labute approximate surface area is 189 Å². The van der Waals surface area contributed by atoms with Gasteiger partial charge in [0.2, 0.25) is 0 Å². The molecular formula is C25H32N2O5. The molecule has 3 rings (SSSR count). The molecular weight excluding hydrogens is 408 g/mol. The number of para-hydroxylation sites is 2. The summed E-state index contributed by atoms with van der Waals surface area (Å²) in [5, 5.41) is 0. The van der Waals surface area contributed by atoms with Gasteiger partial charge in [-0.15, -0.1) is 0 Å². The second-order valence-corrected chi connectivity index (χ2v) is 7.84. The number of aryl methyl sites for hydroxylation is 2. The third kappa shape index (κ3) is 6.39. The first-order valence-corrected chi connectivity index (χ1v) is 11.1. The number of carbonyl (C=O) groups excluding carboxylic acids is 2. The van der Waals surface area contributed by atoms with Gasteiger partial charge in [0.25, 0.3) is 11.8 Å². The highest BCUT2D eigenvalue weighted by molar-refractivity contribution is 5.79. The number of benzene rings is 2. The van der Waals surface area contributed by atoms with Crippen molar-refractivity contribution in [3.63, 3.8) is 0 Å². The van der Waals surface area contributed by atoms with Gasteiger partial charge in [-0.1, -0.05) is 29.8 Å². The van der Waals surface area contributed by atoms with Crippen molar-refractivity contribution in [3.8, 4) is 17.2 Å². The van der Waals surface area contributed by atoms with E-state index < -0.39 is 0 Å². The summed E-state index contributed by atoms with van der Waals surface area (Å²) in [5.74, 6) is 1.73. The zero-order valence-corrected chi connectivity index (χ0v) is 19.1. The van der Waals surface area contributed by atoms with Crippen LogP contribution in [0.3, 0.4) is 0 Å². The SMILES string of the molecule is CCOc1ccccc1OCC(=O)N1CCCN(C(=O)COc2ccc(C)cc2C)CC1. The molecule has 0 unspecified atom stereocenters. The third-order valence-corrected chi connectivity index (χ3v) is 5.38. The van der Waals surface area contributed by atoms with E-state index in [2.05, 4.69) is 0 Å². The van der Waals surface area contributed by atoms with Crippen LogP contribution in [-0.2, 0) is 9.59 Å². The van der Waals surface area contributed by atoms with E-state index >= 15 is 0 Å². The second-order valence-electron chi connectivity index (χ2n) is 7.84. The smallest absolute Gasteiger partial charge is 0.260 e. The number of nitrogens with zero attached hydrogens (tertiary/aromatic N) is 2. The minimum absolute atomic E-state index is 0.00479. The van der Waals surface area contributed by atoms with Gasteiger partial charge in [0, 0.05) is 26.2 Å². The maximum atomic E-state index is 12.7. The number of rotatable bonds is 8. The molecule has 172 valence electrons. The van der Waals surface area contributed by atoms with Gasteiger partial charge in [0.1, 0.15) is 5.75 Å². The lowest BCUT2D eigenvalue weighted by Gasteiger charge is -2.22. The number of amides is 2. The van der Waals surface area contributed by atoms with Gasteiger partial charge in [0.05, 0.1) is 6.61 Å². The monoisotopic (exact) mass is 440 g/mol. The van der Waals surface area contributed by atoms with E-state index in [0.29, 0.717) is 44.3 Å². The van der Waals surface area contributed by atoms with E-state index in [4.69, 9.17) is 14.2 Å². The molecule has 1 aliphatic heterocycles. The van der Waals surface area contributed by atoms with Gasteiger partial charge in [-0.05, 0) is 51.0 Å². The van der Waals surface area contributed by atoms with Gasteiger partial charge >= 0.3 is 0 Å². The fourth-order valence-corrected chi connectivity index (χ4v) is 3.68. The molecule has 0 atom stereocenters. The molecule has 1 saturated heterocycles. The van der Waals surface area contributed by atoms with E-state index in [-0.39, 0.29) is 25.0 Å². The first kappa shape index (κ1) is 23.4. The minimum Gasteiger partial charge on any atom is -0.490 e. The number of ether oxygens (including phenoxy) is 3. The number of carbonyl (C=O) groups is 2. The molecule has 0 saturated carbocycles. The van der Waals surface area contributed by atoms with Crippen molar-refractivity contribution in [2.45, 2.75) is 27.2 Å². The predicted octanol–water partition coefficient (Wildman–Crippen LogP) is 3.22. The van der Waals surface area contributed by atoms with Gasteiger partial charge in [-0.3, -0.25) is 9.59 Å². The van der Waals surface area contributed by atoms with Crippen LogP contribution in [0.15, 0.2) is 42.5 Å². The van der Waals surface area contributed by atoms with E-state index in [9.17, 15) is 9.59 Å². The first-order chi connectivity index (χ1) is 15.5. The van der Waals surface area contributed by atoms with Gasteiger partial charge in [0.15, 0.2) is 24.7 Å². The first-order valence-electron chi connectivity index (χ1n) is 11.1.